The van der Waals surface area contributed by atoms with Crippen LogP contribution in [-0.4, -0.2) is 10.2 Å². The molecule has 3 aromatic rings. The van der Waals surface area contributed by atoms with Crippen LogP contribution in [0.15, 0.2) is 67.3 Å². The van der Waals surface area contributed by atoms with Crippen LogP contribution in [0.3, 0.4) is 0 Å². The van der Waals surface area contributed by atoms with Crippen molar-refractivity contribution in [2.75, 3.05) is 0 Å². The molecule has 34 heavy (non-hydrogen) atoms. The molecule has 0 radical (unpaired) electrons. The maximum absolute atomic E-state index is 9.36. The number of hydrogen-bond acceptors (Lipinski definition) is 2. The average Bonchev–Trinajstić information content (AvgIpc) is 2.83. The molecule has 0 aliphatic heterocycles. The van der Waals surface area contributed by atoms with E-state index in [4.69, 9.17) is 0 Å². The molecule has 1 atom stereocenters. The summed E-state index contributed by atoms with van der Waals surface area (Å²) in [4.78, 5) is 0. The van der Waals surface area contributed by atoms with E-state index in [1.165, 1.54) is 55.7 Å². The Bertz CT molecular complexity index is 937. The zero-order valence-corrected chi connectivity index (χ0v) is 20.9. The molecule has 0 spiro atoms. The quantitative estimate of drug-likeness (QED) is 0.254. The van der Waals surface area contributed by atoms with E-state index < -0.39 is 0 Å². The van der Waals surface area contributed by atoms with Crippen molar-refractivity contribution >= 4 is 0 Å². The van der Waals surface area contributed by atoms with Crippen LogP contribution in [0.1, 0.15) is 89.3 Å². The van der Waals surface area contributed by atoms with Crippen molar-refractivity contribution in [1.29, 1.82) is 0 Å². The minimum atomic E-state index is -0.0855. The predicted octanol–water partition coefficient (Wildman–Crippen LogP) is 6.84. The molecule has 0 fully saturated rings. The summed E-state index contributed by atoms with van der Waals surface area (Å²) in [5, 5.41) is 18.6. The summed E-state index contributed by atoms with van der Waals surface area (Å²) in [5.41, 5.74) is 3.68. The zero-order chi connectivity index (χ0) is 24.1. The van der Waals surface area contributed by atoms with Gasteiger partial charge in [-0.25, -0.2) is 9.13 Å². The van der Waals surface area contributed by atoms with Gasteiger partial charge in [0.05, 0.1) is 0 Å². The third kappa shape index (κ3) is 9.94. The lowest BCUT2D eigenvalue weighted by atomic mass is 9.92. The smallest absolute Gasteiger partial charge is 0.173 e. The second-order valence-electron chi connectivity index (χ2n) is 8.84. The Morgan fingerprint density at radius 3 is 1.94 bits per heavy atom. The van der Waals surface area contributed by atoms with Crippen LogP contribution in [0.25, 0.3) is 0 Å². The number of phenolic OH excluding ortho intramolecular Hbond substituents is 2. The Balaban J connectivity index is 0.000000331. The summed E-state index contributed by atoms with van der Waals surface area (Å²) in [6, 6.07) is 13.6. The Labute approximate surface area is 207 Å². The van der Waals surface area contributed by atoms with E-state index in [-0.39, 0.29) is 18.9 Å². The number of hydrogen-bond donors (Lipinski definition) is 2. The minimum Gasteiger partial charge on any atom is -0.504 e. The van der Waals surface area contributed by atoms with Crippen LogP contribution in [-0.2, 0) is 13.1 Å². The van der Waals surface area contributed by atoms with Crippen molar-refractivity contribution in [3.8, 4) is 11.5 Å². The first-order valence-corrected chi connectivity index (χ1v) is 12.4. The molecule has 0 aliphatic rings. The van der Waals surface area contributed by atoms with Gasteiger partial charge in [-0.05, 0) is 55.0 Å². The largest absolute Gasteiger partial charge is 0.504 e. The summed E-state index contributed by atoms with van der Waals surface area (Å²) < 4.78 is 4.32. The highest BCUT2D eigenvalue weighted by atomic mass is 16.3. The number of phenols is 2. The van der Waals surface area contributed by atoms with Gasteiger partial charge < -0.3 is 10.2 Å². The number of aryl methyl sites for hydroxylation is 2. The van der Waals surface area contributed by atoms with E-state index in [2.05, 4.69) is 49.9 Å². The summed E-state index contributed by atoms with van der Waals surface area (Å²) in [6.07, 6.45) is 16.3. The van der Waals surface area contributed by atoms with Crippen molar-refractivity contribution in [1.82, 2.24) is 0 Å². The van der Waals surface area contributed by atoms with Gasteiger partial charge in [0.2, 0.25) is 0 Å². The molecule has 186 valence electrons. The van der Waals surface area contributed by atoms with Crippen molar-refractivity contribution in [2.24, 2.45) is 0 Å². The normalized spacial score (nSPS) is 11.2. The van der Waals surface area contributed by atoms with Crippen molar-refractivity contribution in [2.45, 2.75) is 92.7 Å². The molecule has 0 saturated carbocycles. The monoisotopic (exact) mass is 466 g/mol. The lowest BCUT2D eigenvalue weighted by Crippen LogP contribution is -2.33. The standard InChI is InChI=1S/C16H28N.C13H13NO2.CH4/c1-4-7-9-15(6-3)16-10-13-17(14-11-16)12-8-5-2;1-10-4-6-14(7-5-10)9-11-2-3-12(15)13(16)8-11;/h10-11,13-15H,4-9,12H2,1-3H3;2-8H,9H2,1H3,(H-,15,16);1H4/q+1;;/p+1. The van der Waals surface area contributed by atoms with Gasteiger partial charge in [0, 0.05) is 36.2 Å². The summed E-state index contributed by atoms with van der Waals surface area (Å²) in [5.74, 6) is 0.596. The molecule has 1 aromatic carbocycles. The molecule has 4 heteroatoms. The number of nitrogens with zero attached hydrogens (tertiary/aromatic N) is 2. The van der Waals surface area contributed by atoms with E-state index in [0.29, 0.717) is 6.54 Å². The number of benzene rings is 1. The van der Waals surface area contributed by atoms with Crippen LogP contribution < -0.4 is 9.13 Å². The van der Waals surface area contributed by atoms with Gasteiger partial charge in [-0.15, -0.1) is 0 Å². The van der Waals surface area contributed by atoms with Gasteiger partial charge >= 0.3 is 0 Å². The molecule has 2 N–H and O–H groups in total. The van der Waals surface area contributed by atoms with E-state index >= 15 is 0 Å². The molecule has 0 saturated heterocycles. The van der Waals surface area contributed by atoms with Crippen LogP contribution in [0.4, 0.5) is 0 Å². The topological polar surface area (TPSA) is 48.2 Å². The molecule has 4 nitrogen and oxygen atoms in total. The first-order valence-electron chi connectivity index (χ1n) is 12.4. The number of rotatable bonds is 10. The molecule has 0 bridgehead atoms. The maximum atomic E-state index is 9.36. The average molecular weight is 467 g/mol. The molecule has 2 aromatic heterocycles. The second-order valence-corrected chi connectivity index (χ2v) is 8.84. The van der Waals surface area contributed by atoms with Crippen molar-refractivity contribution in [3.63, 3.8) is 0 Å². The molecule has 3 rings (SSSR count). The van der Waals surface area contributed by atoms with Gasteiger partial charge in [0.15, 0.2) is 42.8 Å². The van der Waals surface area contributed by atoms with Crippen LogP contribution >= 0.6 is 0 Å². The van der Waals surface area contributed by atoms with Crippen LogP contribution in [0, 0.1) is 6.92 Å². The van der Waals surface area contributed by atoms with Crippen molar-refractivity contribution < 1.29 is 19.3 Å². The molecule has 1 unspecified atom stereocenters. The fourth-order valence-corrected chi connectivity index (χ4v) is 3.80. The Hall–Kier alpha value is -2.88. The summed E-state index contributed by atoms with van der Waals surface area (Å²) in [7, 11) is 0. The van der Waals surface area contributed by atoms with Gasteiger partial charge in [0.1, 0.15) is 6.54 Å². The fraction of sp³-hybridized carbons (Fsp3) is 0.467. The van der Waals surface area contributed by atoms with E-state index in [9.17, 15) is 10.2 Å². The maximum Gasteiger partial charge on any atom is 0.173 e. The van der Waals surface area contributed by atoms with E-state index in [0.717, 1.165) is 18.0 Å². The van der Waals surface area contributed by atoms with Crippen LogP contribution in [0.2, 0.25) is 0 Å². The number of aromatic nitrogens is 2. The third-order valence-corrected chi connectivity index (χ3v) is 6.02. The van der Waals surface area contributed by atoms with Gasteiger partial charge in [0.25, 0.3) is 0 Å². The molecule has 2 heterocycles. The van der Waals surface area contributed by atoms with Gasteiger partial charge in [-0.3, -0.25) is 0 Å². The molecular formula is C30H46N2O2+2. The zero-order valence-electron chi connectivity index (χ0n) is 20.9. The summed E-state index contributed by atoms with van der Waals surface area (Å²) >= 11 is 0. The van der Waals surface area contributed by atoms with E-state index in [1.54, 1.807) is 12.1 Å². The predicted molar refractivity (Wildman–Crippen MR) is 141 cm³/mol. The lowest BCUT2D eigenvalue weighted by Gasteiger charge is -2.13. The second kappa shape index (κ2) is 15.9. The summed E-state index contributed by atoms with van der Waals surface area (Å²) in [6.45, 7) is 10.7. The Morgan fingerprint density at radius 1 is 0.765 bits per heavy atom. The minimum absolute atomic E-state index is 0. The first-order chi connectivity index (χ1) is 16.0. The Kier molecular flexibility index (Phi) is 13.6. The van der Waals surface area contributed by atoms with Gasteiger partial charge in [-0.2, -0.15) is 0 Å². The number of aromatic hydroxyl groups is 2. The SMILES string of the molecule is C.CCCCC(CC)c1cc[n+](CCCC)cc1.Cc1cc[n+](Cc2ccc(O)c(O)c2)cc1. The third-order valence-electron chi connectivity index (χ3n) is 6.02. The van der Waals surface area contributed by atoms with Gasteiger partial charge in [-0.1, -0.05) is 47.5 Å². The van der Waals surface area contributed by atoms with Crippen molar-refractivity contribution in [3.05, 3.63) is 83.9 Å². The van der Waals surface area contributed by atoms with E-state index in [1.807, 2.05) is 36.0 Å². The highest BCUT2D eigenvalue weighted by molar-refractivity contribution is 5.40. The highest BCUT2D eigenvalue weighted by Gasteiger charge is 2.10. The van der Waals surface area contributed by atoms with Crippen LogP contribution in [0.5, 0.6) is 11.5 Å². The first kappa shape index (κ1) is 29.2. The fourth-order valence-electron chi connectivity index (χ4n) is 3.80. The molecule has 0 amide bonds. The lowest BCUT2D eigenvalue weighted by molar-refractivity contribution is -0.697. The molecule has 0 aliphatic carbocycles. The number of pyridine rings is 2. The number of unbranched alkanes of at least 4 members (excludes halogenated alkanes) is 2. The Morgan fingerprint density at radius 2 is 1.38 bits per heavy atom. The molecular weight excluding hydrogens is 420 g/mol. The highest BCUT2D eigenvalue weighted by Crippen LogP contribution is 2.25.